The molecule has 0 aromatic carbocycles. The van der Waals surface area contributed by atoms with Crippen molar-refractivity contribution in [3.63, 3.8) is 0 Å². The summed E-state index contributed by atoms with van der Waals surface area (Å²) in [6.45, 7) is 1.82. The molecule has 1 amide bonds. The first-order valence-corrected chi connectivity index (χ1v) is 5.71. The van der Waals surface area contributed by atoms with E-state index in [9.17, 15) is 4.79 Å². The van der Waals surface area contributed by atoms with Crippen LogP contribution in [0.4, 0.5) is 5.69 Å². The van der Waals surface area contributed by atoms with E-state index in [-0.39, 0.29) is 24.7 Å². The quantitative estimate of drug-likeness (QED) is 0.823. The maximum Gasteiger partial charge on any atom is 0.253 e. The topological polar surface area (TPSA) is 71.5 Å². The maximum atomic E-state index is 11.8. The lowest BCUT2D eigenvalue weighted by Gasteiger charge is -2.11. The molecule has 0 aliphatic carbocycles. The van der Waals surface area contributed by atoms with E-state index in [1.807, 2.05) is 6.92 Å². The number of anilines is 1. The van der Waals surface area contributed by atoms with Gasteiger partial charge < -0.3 is 15.2 Å². The second-order valence-corrected chi connectivity index (χ2v) is 4.20. The van der Waals surface area contributed by atoms with E-state index in [4.69, 9.17) is 9.84 Å². The lowest BCUT2D eigenvalue weighted by molar-refractivity contribution is -0.126. The van der Waals surface area contributed by atoms with E-state index in [0.717, 1.165) is 12.8 Å². The van der Waals surface area contributed by atoms with E-state index < -0.39 is 0 Å². The largest absolute Gasteiger partial charge is 0.390 e. The minimum absolute atomic E-state index is 0.135. The van der Waals surface area contributed by atoms with Crippen molar-refractivity contribution in [1.29, 1.82) is 0 Å². The third kappa shape index (κ3) is 3.01. The Balaban J connectivity index is 1.98. The first-order chi connectivity index (χ1) is 8.19. The monoisotopic (exact) mass is 236 g/mol. The number of nitrogens with one attached hydrogen (secondary N) is 1. The first-order valence-electron chi connectivity index (χ1n) is 5.71. The molecule has 0 radical (unpaired) electrons. The van der Waals surface area contributed by atoms with Gasteiger partial charge >= 0.3 is 0 Å². The smallest absolute Gasteiger partial charge is 0.253 e. The van der Waals surface area contributed by atoms with Crippen LogP contribution in [0, 0.1) is 0 Å². The number of carbonyl (C=O) groups is 1. The molecule has 2 N–H and O–H groups in total. The predicted octanol–water partition coefficient (Wildman–Crippen LogP) is 1.08. The maximum absolute atomic E-state index is 11.8. The highest BCUT2D eigenvalue weighted by Gasteiger charge is 2.28. The van der Waals surface area contributed by atoms with Gasteiger partial charge in [0.05, 0.1) is 18.4 Å². The molecule has 2 unspecified atom stereocenters. The molecule has 2 rings (SSSR count). The lowest BCUT2D eigenvalue weighted by Crippen LogP contribution is -2.27. The van der Waals surface area contributed by atoms with Crippen molar-refractivity contribution in [2.45, 2.75) is 38.6 Å². The molecule has 5 nitrogen and oxygen atoms in total. The standard InChI is InChI=1S/C12H16N2O3/c1-8-2-3-11(17-8)12(16)14-9-4-5-13-10(6-9)7-15/h4-6,8,11,15H,2-3,7H2,1H3,(H,13,14,16). The number of aliphatic hydroxyl groups is 1. The molecule has 0 spiro atoms. The number of hydrogen-bond donors (Lipinski definition) is 2. The number of amides is 1. The third-order valence-corrected chi connectivity index (χ3v) is 2.77. The molecular formula is C12H16N2O3. The number of aliphatic hydroxyl groups excluding tert-OH is 1. The number of ether oxygens (including phenoxy) is 1. The van der Waals surface area contributed by atoms with Gasteiger partial charge in [-0.05, 0) is 31.9 Å². The summed E-state index contributed by atoms with van der Waals surface area (Å²) in [4.78, 5) is 15.8. The highest BCUT2D eigenvalue weighted by atomic mass is 16.5. The Labute approximate surface area is 99.8 Å². The minimum Gasteiger partial charge on any atom is -0.390 e. The van der Waals surface area contributed by atoms with Crippen LogP contribution in [0.1, 0.15) is 25.5 Å². The Morgan fingerprint density at radius 3 is 3.12 bits per heavy atom. The lowest BCUT2D eigenvalue weighted by atomic mass is 10.2. The van der Waals surface area contributed by atoms with Crippen LogP contribution >= 0.6 is 0 Å². The van der Waals surface area contributed by atoms with Crippen molar-refractivity contribution in [3.05, 3.63) is 24.0 Å². The van der Waals surface area contributed by atoms with Gasteiger partial charge in [0.25, 0.3) is 5.91 Å². The van der Waals surface area contributed by atoms with E-state index in [0.29, 0.717) is 11.4 Å². The van der Waals surface area contributed by atoms with Crippen LogP contribution < -0.4 is 5.32 Å². The molecule has 1 aromatic heterocycles. The van der Waals surface area contributed by atoms with Gasteiger partial charge in [-0.3, -0.25) is 9.78 Å². The fourth-order valence-corrected chi connectivity index (χ4v) is 1.86. The third-order valence-electron chi connectivity index (χ3n) is 2.77. The van der Waals surface area contributed by atoms with Gasteiger partial charge in [0.1, 0.15) is 6.10 Å². The van der Waals surface area contributed by atoms with Crippen LogP contribution in [0.3, 0.4) is 0 Å². The molecule has 1 fully saturated rings. The zero-order valence-electron chi connectivity index (χ0n) is 9.72. The predicted molar refractivity (Wildman–Crippen MR) is 62.4 cm³/mol. The van der Waals surface area contributed by atoms with Gasteiger partial charge in [-0.2, -0.15) is 0 Å². The average molecular weight is 236 g/mol. The minimum atomic E-state index is -0.365. The number of carbonyl (C=O) groups excluding carboxylic acids is 1. The van der Waals surface area contributed by atoms with Crippen molar-refractivity contribution < 1.29 is 14.6 Å². The molecule has 2 heterocycles. The van der Waals surface area contributed by atoms with Crippen molar-refractivity contribution >= 4 is 11.6 Å². The summed E-state index contributed by atoms with van der Waals surface area (Å²) in [5.74, 6) is -0.135. The van der Waals surface area contributed by atoms with E-state index in [1.54, 1.807) is 18.3 Å². The zero-order chi connectivity index (χ0) is 12.3. The Morgan fingerprint density at radius 1 is 1.65 bits per heavy atom. The number of hydrogen-bond acceptors (Lipinski definition) is 4. The van der Waals surface area contributed by atoms with Gasteiger partial charge in [0.15, 0.2) is 0 Å². The van der Waals surface area contributed by atoms with Crippen molar-refractivity contribution in [2.24, 2.45) is 0 Å². The molecule has 0 bridgehead atoms. The fraction of sp³-hybridized carbons (Fsp3) is 0.500. The molecule has 1 aromatic rings. The molecule has 17 heavy (non-hydrogen) atoms. The van der Waals surface area contributed by atoms with E-state index >= 15 is 0 Å². The van der Waals surface area contributed by atoms with Crippen molar-refractivity contribution in [3.8, 4) is 0 Å². The Hall–Kier alpha value is -1.46. The molecule has 2 atom stereocenters. The van der Waals surface area contributed by atoms with Crippen LogP contribution in [-0.4, -0.2) is 28.2 Å². The number of pyridine rings is 1. The second kappa shape index (κ2) is 5.25. The summed E-state index contributed by atoms with van der Waals surface area (Å²) in [6.07, 6.45) is 3.01. The Morgan fingerprint density at radius 2 is 2.47 bits per heavy atom. The average Bonchev–Trinajstić information content (AvgIpc) is 2.76. The van der Waals surface area contributed by atoms with Crippen LogP contribution in [0.5, 0.6) is 0 Å². The van der Waals surface area contributed by atoms with Crippen molar-refractivity contribution in [2.75, 3.05) is 5.32 Å². The molecule has 1 saturated heterocycles. The Kier molecular flexibility index (Phi) is 3.71. The van der Waals surface area contributed by atoms with Crippen LogP contribution in [0.15, 0.2) is 18.3 Å². The number of nitrogens with zero attached hydrogens (tertiary/aromatic N) is 1. The molecule has 1 aliphatic heterocycles. The number of aromatic nitrogens is 1. The summed E-state index contributed by atoms with van der Waals surface area (Å²) in [6, 6.07) is 3.34. The summed E-state index contributed by atoms with van der Waals surface area (Å²) in [7, 11) is 0. The highest BCUT2D eigenvalue weighted by Crippen LogP contribution is 2.20. The second-order valence-electron chi connectivity index (χ2n) is 4.20. The van der Waals surface area contributed by atoms with Gasteiger partial charge in [-0.25, -0.2) is 0 Å². The van der Waals surface area contributed by atoms with Gasteiger partial charge in [0, 0.05) is 11.9 Å². The molecule has 5 heteroatoms. The fourth-order valence-electron chi connectivity index (χ4n) is 1.86. The van der Waals surface area contributed by atoms with Crippen LogP contribution in [0.2, 0.25) is 0 Å². The first kappa shape index (κ1) is 12.0. The zero-order valence-corrected chi connectivity index (χ0v) is 9.72. The van der Waals surface area contributed by atoms with Gasteiger partial charge in [-0.1, -0.05) is 0 Å². The van der Waals surface area contributed by atoms with Crippen LogP contribution in [0.25, 0.3) is 0 Å². The molecule has 1 aliphatic rings. The normalized spacial score (nSPS) is 23.6. The van der Waals surface area contributed by atoms with Crippen molar-refractivity contribution in [1.82, 2.24) is 4.98 Å². The van der Waals surface area contributed by atoms with E-state index in [1.165, 1.54) is 0 Å². The molecular weight excluding hydrogens is 220 g/mol. The highest BCUT2D eigenvalue weighted by molar-refractivity contribution is 5.94. The molecule has 0 saturated carbocycles. The molecule has 92 valence electrons. The summed E-state index contributed by atoms with van der Waals surface area (Å²) >= 11 is 0. The van der Waals surface area contributed by atoms with E-state index in [2.05, 4.69) is 10.3 Å². The van der Waals surface area contributed by atoms with Crippen LogP contribution in [-0.2, 0) is 16.1 Å². The summed E-state index contributed by atoms with van der Waals surface area (Å²) in [5, 5.41) is 11.7. The SMILES string of the molecule is CC1CCC(C(=O)Nc2ccnc(CO)c2)O1. The van der Waals surface area contributed by atoms with Gasteiger partial charge in [-0.15, -0.1) is 0 Å². The summed E-state index contributed by atoms with van der Waals surface area (Å²) in [5.41, 5.74) is 1.17. The van der Waals surface area contributed by atoms with Gasteiger partial charge in [0.2, 0.25) is 0 Å². The summed E-state index contributed by atoms with van der Waals surface area (Å²) < 4.78 is 5.47. The number of rotatable bonds is 3. The Bertz CT molecular complexity index is 408.